The molecule has 1 aromatic carbocycles. The highest BCUT2D eigenvalue weighted by atomic mass is 16.1. The summed E-state index contributed by atoms with van der Waals surface area (Å²) in [6.45, 7) is 0.747. The molecule has 4 heteroatoms. The summed E-state index contributed by atoms with van der Waals surface area (Å²) in [7, 11) is 0. The molecule has 16 heavy (non-hydrogen) atoms. The van der Waals surface area contributed by atoms with E-state index in [0.29, 0.717) is 5.69 Å². The Bertz CT molecular complexity index is 476. The third-order valence-corrected chi connectivity index (χ3v) is 2.37. The number of benzene rings is 1. The van der Waals surface area contributed by atoms with Crippen LogP contribution in [0.3, 0.4) is 0 Å². The topological polar surface area (TPSA) is 60.9 Å². The van der Waals surface area contributed by atoms with Crippen LogP contribution in [0.5, 0.6) is 0 Å². The van der Waals surface area contributed by atoms with Crippen LogP contribution in [0, 0.1) is 0 Å². The highest BCUT2D eigenvalue weighted by Gasteiger charge is 2.03. The van der Waals surface area contributed by atoms with Gasteiger partial charge in [0.2, 0.25) is 0 Å². The number of nitrogens with zero attached hydrogens (tertiary/aromatic N) is 2. The summed E-state index contributed by atoms with van der Waals surface area (Å²) in [6.07, 6.45) is 2.66. The average molecular weight is 215 g/mol. The predicted octanol–water partition coefficient (Wildman–Crippen LogP) is 1.22. The van der Waals surface area contributed by atoms with Gasteiger partial charge in [0, 0.05) is 12.7 Å². The van der Waals surface area contributed by atoms with Crippen molar-refractivity contribution in [2.45, 2.75) is 13.0 Å². The molecule has 4 nitrogen and oxygen atoms in total. The Kier molecular flexibility index (Phi) is 3.00. The number of nitrogens with two attached hydrogens (primary N) is 1. The van der Waals surface area contributed by atoms with Crippen LogP contribution in [0.1, 0.15) is 16.1 Å². The third kappa shape index (κ3) is 2.48. The van der Waals surface area contributed by atoms with Gasteiger partial charge in [0.15, 0.2) is 0 Å². The minimum Gasteiger partial charge on any atom is -0.364 e. The van der Waals surface area contributed by atoms with Crippen molar-refractivity contribution in [3.05, 3.63) is 53.9 Å². The number of rotatable bonds is 4. The lowest BCUT2D eigenvalue weighted by Gasteiger charge is -2.01. The van der Waals surface area contributed by atoms with Crippen LogP contribution in [0.4, 0.5) is 0 Å². The Labute approximate surface area is 93.7 Å². The van der Waals surface area contributed by atoms with Crippen LogP contribution in [0.2, 0.25) is 0 Å². The minimum absolute atomic E-state index is 0.313. The van der Waals surface area contributed by atoms with Gasteiger partial charge in [-0.05, 0) is 18.1 Å². The van der Waals surface area contributed by atoms with E-state index in [4.69, 9.17) is 5.73 Å². The fourth-order valence-corrected chi connectivity index (χ4v) is 1.51. The van der Waals surface area contributed by atoms with E-state index in [9.17, 15) is 4.79 Å². The van der Waals surface area contributed by atoms with E-state index in [1.54, 1.807) is 16.9 Å². The number of primary amides is 1. The van der Waals surface area contributed by atoms with E-state index in [1.807, 2.05) is 18.2 Å². The van der Waals surface area contributed by atoms with Gasteiger partial charge >= 0.3 is 0 Å². The molecule has 0 aliphatic heterocycles. The molecule has 82 valence electrons. The highest BCUT2D eigenvalue weighted by molar-refractivity contribution is 5.90. The molecule has 0 saturated carbocycles. The second kappa shape index (κ2) is 4.61. The maximum Gasteiger partial charge on any atom is 0.269 e. The zero-order valence-corrected chi connectivity index (χ0v) is 8.84. The second-order valence-electron chi connectivity index (χ2n) is 3.56. The summed E-state index contributed by atoms with van der Waals surface area (Å²) < 4.78 is 1.73. The molecule has 1 aromatic heterocycles. The van der Waals surface area contributed by atoms with Gasteiger partial charge in [-0.1, -0.05) is 30.3 Å². The summed E-state index contributed by atoms with van der Waals surface area (Å²) in [5, 5.41) is 4.07. The van der Waals surface area contributed by atoms with Gasteiger partial charge in [0.05, 0.1) is 0 Å². The lowest BCUT2D eigenvalue weighted by atomic mass is 10.2. The molecule has 0 bridgehead atoms. The van der Waals surface area contributed by atoms with Crippen LogP contribution < -0.4 is 5.73 Å². The molecule has 0 unspecified atom stereocenters. The van der Waals surface area contributed by atoms with Gasteiger partial charge in [-0.3, -0.25) is 9.48 Å². The van der Waals surface area contributed by atoms with Gasteiger partial charge in [0.25, 0.3) is 5.91 Å². The Morgan fingerprint density at radius 2 is 2.00 bits per heavy atom. The lowest BCUT2D eigenvalue weighted by Crippen LogP contribution is -2.12. The Hall–Kier alpha value is -2.10. The summed E-state index contributed by atoms with van der Waals surface area (Å²) in [5.74, 6) is -0.488. The molecule has 2 aromatic rings. The molecular formula is C12H13N3O. The smallest absolute Gasteiger partial charge is 0.269 e. The van der Waals surface area contributed by atoms with Crippen LogP contribution in [-0.4, -0.2) is 15.7 Å². The maximum absolute atomic E-state index is 10.8. The molecule has 0 saturated heterocycles. The predicted molar refractivity (Wildman–Crippen MR) is 60.9 cm³/mol. The minimum atomic E-state index is -0.488. The zero-order valence-electron chi connectivity index (χ0n) is 8.84. The number of hydrogen-bond donors (Lipinski definition) is 1. The molecule has 0 atom stereocenters. The van der Waals surface area contributed by atoms with Crippen molar-refractivity contribution < 1.29 is 4.79 Å². The number of carbonyl (C=O) groups is 1. The molecule has 0 radical (unpaired) electrons. The average Bonchev–Trinajstić information content (AvgIpc) is 2.76. The van der Waals surface area contributed by atoms with E-state index in [0.717, 1.165) is 13.0 Å². The van der Waals surface area contributed by atoms with E-state index < -0.39 is 5.91 Å². The molecule has 0 aliphatic carbocycles. The van der Waals surface area contributed by atoms with Crippen LogP contribution in [0.15, 0.2) is 42.6 Å². The van der Waals surface area contributed by atoms with Crippen molar-refractivity contribution in [1.29, 1.82) is 0 Å². The van der Waals surface area contributed by atoms with Gasteiger partial charge in [-0.25, -0.2) is 0 Å². The van der Waals surface area contributed by atoms with Crippen molar-refractivity contribution in [3.8, 4) is 0 Å². The summed E-state index contributed by atoms with van der Waals surface area (Å²) in [6, 6.07) is 11.8. The third-order valence-electron chi connectivity index (χ3n) is 2.37. The molecule has 0 fully saturated rings. The SMILES string of the molecule is NC(=O)c1ccn(CCc2ccccc2)n1. The van der Waals surface area contributed by atoms with Gasteiger partial charge in [0.1, 0.15) is 5.69 Å². The molecule has 1 amide bonds. The normalized spacial score (nSPS) is 10.2. The highest BCUT2D eigenvalue weighted by Crippen LogP contribution is 2.02. The number of amides is 1. The Balaban J connectivity index is 1.97. The molecule has 2 rings (SSSR count). The van der Waals surface area contributed by atoms with Crippen molar-refractivity contribution >= 4 is 5.91 Å². The van der Waals surface area contributed by atoms with Gasteiger partial charge in [-0.15, -0.1) is 0 Å². The summed E-state index contributed by atoms with van der Waals surface area (Å²) in [4.78, 5) is 10.8. The van der Waals surface area contributed by atoms with E-state index in [1.165, 1.54) is 5.56 Å². The summed E-state index contributed by atoms with van der Waals surface area (Å²) >= 11 is 0. The first-order valence-corrected chi connectivity index (χ1v) is 5.13. The lowest BCUT2D eigenvalue weighted by molar-refractivity contribution is 0.0994. The quantitative estimate of drug-likeness (QED) is 0.833. The van der Waals surface area contributed by atoms with Gasteiger partial charge in [-0.2, -0.15) is 5.10 Å². The molecule has 0 spiro atoms. The Morgan fingerprint density at radius 1 is 1.25 bits per heavy atom. The molecule has 0 aliphatic rings. The fourth-order valence-electron chi connectivity index (χ4n) is 1.51. The number of hydrogen-bond acceptors (Lipinski definition) is 2. The van der Waals surface area contributed by atoms with Crippen LogP contribution >= 0.6 is 0 Å². The fraction of sp³-hybridized carbons (Fsp3) is 0.167. The van der Waals surface area contributed by atoms with Gasteiger partial charge < -0.3 is 5.73 Å². The molecule has 2 N–H and O–H groups in total. The first-order valence-electron chi connectivity index (χ1n) is 5.13. The maximum atomic E-state index is 10.8. The Morgan fingerprint density at radius 3 is 2.62 bits per heavy atom. The van der Waals surface area contributed by atoms with E-state index in [-0.39, 0.29) is 0 Å². The van der Waals surface area contributed by atoms with Crippen LogP contribution in [-0.2, 0) is 13.0 Å². The van der Waals surface area contributed by atoms with E-state index in [2.05, 4.69) is 17.2 Å². The standard InChI is InChI=1S/C12H13N3O/c13-12(16)11-7-9-15(14-11)8-6-10-4-2-1-3-5-10/h1-5,7,9H,6,8H2,(H2,13,16). The first-order chi connectivity index (χ1) is 7.75. The summed E-state index contributed by atoms with van der Waals surface area (Å²) in [5.41, 5.74) is 6.68. The second-order valence-corrected chi connectivity index (χ2v) is 3.56. The van der Waals surface area contributed by atoms with Crippen molar-refractivity contribution in [1.82, 2.24) is 9.78 Å². The van der Waals surface area contributed by atoms with Crippen molar-refractivity contribution in [2.24, 2.45) is 5.73 Å². The zero-order chi connectivity index (χ0) is 11.4. The largest absolute Gasteiger partial charge is 0.364 e. The number of carbonyl (C=O) groups excluding carboxylic acids is 1. The van der Waals surface area contributed by atoms with E-state index >= 15 is 0 Å². The number of aryl methyl sites for hydroxylation is 2. The molecular weight excluding hydrogens is 202 g/mol. The van der Waals surface area contributed by atoms with Crippen LogP contribution in [0.25, 0.3) is 0 Å². The first kappa shape index (κ1) is 10.4. The molecule has 1 heterocycles. The van der Waals surface area contributed by atoms with Crippen molar-refractivity contribution in [3.63, 3.8) is 0 Å². The number of aromatic nitrogens is 2. The van der Waals surface area contributed by atoms with Crippen molar-refractivity contribution in [2.75, 3.05) is 0 Å². The monoisotopic (exact) mass is 215 g/mol.